The maximum atomic E-state index is 11.8. The monoisotopic (exact) mass is 237 g/mol. The van der Waals surface area contributed by atoms with Gasteiger partial charge in [0.1, 0.15) is 5.75 Å². The van der Waals surface area contributed by atoms with Crippen LogP contribution in [-0.4, -0.2) is 32.5 Å². The number of methoxy groups -OCH3 is 1. The van der Waals surface area contributed by atoms with Crippen molar-refractivity contribution in [2.45, 2.75) is 0 Å². The minimum Gasteiger partial charge on any atom is -0.496 e. The Morgan fingerprint density at radius 2 is 2.12 bits per heavy atom. The average molecular weight is 237 g/mol. The van der Waals surface area contributed by atoms with Crippen molar-refractivity contribution in [3.63, 3.8) is 0 Å². The molecule has 0 aliphatic heterocycles. The van der Waals surface area contributed by atoms with Crippen LogP contribution in [0.1, 0.15) is 10.4 Å². The molecule has 0 heterocycles. The minimum absolute atomic E-state index is 0.0900. The first-order valence-electron chi connectivity index (χ1n) is 5.00. The van der Waals surface area contributed by atoms with E-state index in [1.807, 2.05) is 0 Å². The lowest BCUT2D eigenvalue weighted by atomic mass is 10.1. The molecule has 1 aromatic carbocycles. The van der Waals surface area contributed by atoms with E-state index in [2.05, 4.69) is 10.6 Å². The molecule has 92 valence electrons. The summed E-state index contributed by atoms with van der Waals surface area (Å²) in [6.45, 7) is -0.0900. The van der Waals surface area contributed by atoms with Crippen molar-refractivity contribution in [2.24, 2.45) is 0 Å². The molecule has 17 heavy (non-hydrogen) atoms. The normalized spacial score (nSPS) is 9.53. The maximum Gasteiger partial charge on any atom is 0.255 e. The molecule has 1 aromatic rings. The first kappa shape index (κ1) is 12.8. The molecule has 0 bridgehead atoms. The lowest BCUT2D eigenvalue weighted by molar-refractivity contribution is -0.119. The van der Waals surface area contributed by atoms with Crippen LogP contribution in [0.25, 0.3) is 0 Å². The molecule has 6 nitrogen and oxygen atoms in total. The number of nitrogens with one attached hydrogen (secondary N) is 2. The van der Waals surface area contributed by atoms with E-state index in [0.717, 1.165) is 0 Å². The van der Waals surface area contributed by atoms with Crippen LogP contribution in [0.4, 0.5) is 5.69 Å². The van der Waals surface area contributed by atoms with E-state index < -0.39 is 5.91 Å². The molecule has 0 aliphatic carbocycles. The number of carbonyl (C=O) groups is 2. The number of likely N-dealkylation sites (N-methyl/N-ethyl adjacent to an activating group) is 1. The second-order valence-electron chi connectivity index (χ2n) is 3.32. The SMILES string of the molecule is CNC(=O)CNC(=O)c1cc(N)ccc1OC. The first-order valence-corrected chi connectivity index (χ1v) is 5.00. The van der Waals surface area contributed by atoms with Crippen molar-refractivity contribution >= 4 is 17.5 Å². The summed E-state index contributed by atoms with van der Waals surface area (Å²) in [6.07, 6.45) is 0. The Bertz CT molecular complexity index is 432. The van der Waals surface area contributed by atoms with Gasteiger partial charge in [0, 0.05) is 12.7 Å². The van der Waals surface area contributed by atoms with E-state index in [-0.39, 0.29) is 12.5 Å². The number of benzene rings is 1. The van der Waals surface area contributed by atoms with Crippen LogP contribution in [0.2, 0.25) is 0 Å². The molecule has 0 saturated carbocycles. The van der Waals surface area contributed by atoms with Crippen LogP contribution in [0.5, 0.6) is 5.75 Å². The van der Waals surface area contributed by atoms with Gasteiger partial charge in [-0.2, -0.15) is 0 Å². The quantitative estimate of drug-likeness (QED) is 0.630. The average Bonchev–Trinajstić information content (AvgIpc) is 2.35. The van der Waals surface area contributed by atoms with Gasteiger partial charge in [-0.05, 0) is 18.2 Å². The molecule has 0 atom stereocenters. The summed E-state index contributed by atoms with van der Waals surface area (Å²) < 4.78 is 5.04. The first-order chi connectivity index (χ1) is 8.08. The zero-order chi connectivity index (χ0) is 12.8. The molecule has 0 unspecified atom stereocenters. The van der Waals surface area contributed by atoms with Crippen molar-refractivity contribution in [2.75, 3.05) is 26.4 Å². The lowest BCUT2D eigenvalue weighted by Gasteiger charge is -2.09. The molecule has 0 aromatic heterocycles. The Morgan fingerprint density at radius 1 is 1.41 bits per heavy atom. The molecule has 0 radical (unpaired) electrons. The number of anilines is 1. The summed E-state index contributed by atoms with van der Waals surface area (Å²) in [4.78, 5) is 22.8. The number of hydrogen-bond acceptors (Lipinski definition) is 4. The fourth-order valence-corrected chi connectivity index (χ4v) is 1.25. The zero-order valence-electron chi connectivity index (χ0n) is 9.74. The summed E-state index contributed by atoms with van der Waals surface area (Å²) in [5.41, 5.74) is 6.34. The van der Waals surface area contributed by atoms with E-state index in [0.29, 0.717) is 17.0 Å². The van der Waals surface area contributed by atoms with Crippen molar-refractivity contribution in [3.8, 4) is 5.75 Å². The number of hydrogen-bond donors (Lipinski definition) is 3. The third-order valence-corrected chi connectivity index (χ3v) is 2.16. The standard InChI is InChI=1S/C11H15N3O3/c1-13-10(15)6-14-11(16)8-5-7(12)3-4-9(8)17-2/h3-5H,6,12H2,1-2H3,(H,13,15)(H,14,16). The summed E-state index contributed by atoms with van der Waals surface area (Å²) in [7, 11) is 2.95. The van der Waals surface area contributed by atoms with Gasteiger partial charge < -0.3 is 21.1 Å². The van der Waals surface area contributed by atoms with E-state index >= 15 is 0 Å². The Morgan fingerprint density at radius 3 is 2.71 bits per heavy atom. The number of nitrogens with two attached hydrogens (primary N) is 1. The fourth-order valence-electron chi connectivity index (χ4n) is 1.25. The molecule has 4 N–H and O–H groups in total. The lowest BCUT2D eigenvalue weighted by Crippen LogP contribution is -2.35. The van der Waals surface area contributed by atoms with Crippen LogP contribution >= 0.6 is 0 Å². The van der Waals surface area contributed by atoms with Gasteiger partial charge in [0.05, 0.1) is 19.2 Å². The maximum absolute atomic E-state index is 11.8. The smallest absolute Gasteiger partial charge is 0.255 e. The highest BCUT2D eigenvalue weighted by Crippen LogP contribution is 2.20. The topological polar surface area (TPSA) is 93.5 Å². The van der Waals surface area contributed by atoms with Gasteiger partial charge in [-0.3, -0.25) is 9.59 Å². The summed E-state index contributed by atoms with van der Waals surface area (Å²) in [5.74, 6) is -0.271. The Labute approximate surface area is 99.1 Å². The highest BCUT2D eigenvalue weighted by molar-refractivity contribution is 5.99. The predicted molar refractivity (Wildman–Crippen MR) is 63.8 cm³/mol. The van der Waals surface area contributed by atoms with Gasteiger partial charge >= 0.3 is 0 Å². The third kappa shape index (κ3) is 3.37. The van der Waals surface area contributed by atoms with E-state index in [1.54, 1.807) is 12.1 Å². The minimum atomic E-state index is -0.405. The van der Waals surface area contributed by atoms with Gasteiger partial charge in [-0.25, -0.2) is 0 Å². The van der Waals surface area contributed by atoms with Gasteiger partial charge in [0.25, 0.3) is 5.91 Å². The van der Waals surface area contributed by atoms with Gasteiger partial charge in [0.15, 0.2) is 0 Å². The molecule has 1 rings (SSSR count). The highest BCUT2D eigenvalue weighted by Gasteiger charge is 2.13. The molecule has 0 fully saturated rings. The van der Waals surface area contributed by atoms with Crippen LogP contribution in [-0.2, 0) is 4.79 Å². The van der Waals surface area contributed by atoms with E-state index in [4.69, 9.17) is 10.5 Å². The van der Waals surface area contributed by atoms with Crippen molar-refractivity contribution < 1.29 is 14.3 Å². The molecule has 0 spiro atoms. The van der Waals surface area contributed by atoms with Crippen molar-refractivity contribution in [3.05, 3.63) is 23.8 Å². The summed E-state index contributed by atoms with van der Waals surface area (Å²) in [5, 5.41) is 4.87. The Hall–Kier alpha value is -2.24. The Balaban J connectivity index is 2.80. The second kappa shape index (κ2) is 5.74. The number of rotatable bonds is 4. The summed E-state index contributed by atoms with van der Waals surface area (Å²) in [6, 6.07) is 4.73. The molecule has 0 aliphatic rings. The van der Waals surface area contributed by atoms with Gasteiger partial charge in [-0.15, -0.1) is 0 Å². The van der Waals surface area contributed by atoms with Crippen LogP contribution < -0.4 is 21.1 Å². The molecular formula is C11H15N3O3. The van der Waals surface area contributed by atoms with Crippen LogP contribution in [0.15, 0.2) is 18.2 Å². The highest BCUT2D eigenvalue weighted by atomic mass is 16.5. The Kier molecular flexibility index (Phi) is 4.33. The fraction of sp³-hybridized carbons (Fsp3) is 0.273. The molecule has 2 amide bonds. The zero-order valence-corrected chi connectivity index (χ0v) is 9.74. The van der Waals surface area contributed by atoms with Crippen molar-refractivity contribution in [1.29, 1.82) is 0 Å². The van der Waals surface area contributed by atoms with Gasteiger partial charge in [-0.1, -0.05) is 0 Å². The third-order valence-electron chi connectivity index (χ3n) is 2.16. The second-order valence-corrected chi connectivity index (χ2v) is 3.32. The number of ether oxygens (including phenoxy) is 1. The molecular weight excluding hydrogens is 222 g/mol. The van der Waals surface area contributed by atoms with Crippen LogP contribution in [0, 0.1) is 0 Å². The van der Waals surface area contributed by atoms with E-state index in [1.165, 1.54) is 20.2 Å². The van der Waals surface area contributed by atoms with Gasteiger partial charge in [0.2, 0.25) is 5.91 Å². The van der Waals surface area contributed by atoms with E-state index in [9.17, 15) is 9.59 Å². The van der Waals surface area contributed by atoms with Crippen LogP contribution in [0.3, 0.4) is 0 Å². The molecule has 6 heteroatoms. The molecule has 0 saturated heterocycles. The van der Waals surface area contributed by atoms with Crippen molar-refractivity contribution in [1.82, 2.24) is 10.6 Å². The predicted octanol–water partition coefficient (Wildman–Crippen LogP) is -0.247. The number of amides is 2. The number of nitrogen functional groups attached to an aromatic ring is 1. The number of carbonyl (C=O) groups excluding carboxylic acids is 2. The largest absolute Gasteiger partial charge is 0.496 e. The summed E-state index contributed by atoms with van der Waals surface area (Å²) >= 11 is 0.